The highest BCUT2D eigenvalue weighted by Gasteiger charge is 2.32. The van der Waals surface area contributed by atoms with Crippen LogP contribution in [0.5, 0.6) is 0 Å². The lowest BCUT2D eigenvalue weighted by Gasteiger charge is -2.13. The van der Waals surface area contributed by atoms with Crippen LogP contribution in [0.25, 0.3) is 17.1 Å². The summed E-state index contributed by atoms with van der Waals surface area (Å²) in [5.74, 6) is 0.853. The molecule has 2 aromatic carbocycles. The first-order valence-corrected chi connectivity index (χ1v) is 8.43. The monoisotopic (exact) mass is 359 g/mol. The van der Waals surface area contributed by atoms with Gasteiger partial charge in [0.05, 0.1) is 18.2 Å². The van der Waals surface area contributed by atoms with Gasteiger partial charge in [0.2, 0.25) is 0 Å². The van der Waals surface area contributed by atoms with Gasteiger partial charge in [-0.1, -0.05) is 17.7 Å². The number of hydrogen-bond acceptors (Lipinski definition) is 0. The molecule has 0 N–H and O–H groups in total. The Bertz CT molecular complexity index is 958. The Hall–Kier alpha value is -2.56. The van der Waals surface area contributed by atoms with Crippen LogP contribution in [0.2, 0.25) is 0 Å². The number of rotatable bonds is 2. The third kappa shape index (κ3) is 3.14. The van der Waals surface area contributed by atoms with Crippen molar-refractivity contribution in [2.75, 3.05) is 0 Å². The summed E-state index contributed by atoms with van der Waals surface area (Å²) < 4.78 is 43.0. The minimum absolute atomic E-state index is 0.595. The molecule has 5 heteroatoms. The van der Waals surface area contributed by atoms with Crippen LogP contribution in [0, 0.1) is 27.7 Å². The molecular formula is C21H22F3N2+. The van der Waals surface area contributed by atoms with Crippen molar-refractivity contribution in [3.8, 4) is 17.1 Å². The second-order valence-electron chi connectivity index (χ2n) is 6.88. The lowest BCUT2D eigenvalue weighted by atomic mass is 10.0. The van der Waals surface area contributed by atoms with Crippen molar-refractivity contribution in [1.29, 1.82) is 0 Å². The Morgan fingerprint density at radius 2 is 1.50 bits per heavy atom. The zero-order valence-corrected chi connectivity index (χ0v) is 15.6. The maximum atomic E-state index is 13.0. The molecule has 0 aliphatic carbocycles. The number of imidazole rings is 1. The van der Waals surface area contributed by atoms with E-state index < -0.39 is 11.7 Å². The molecule has 0 spiro atoms. The molecule has 0 aliphatic rings. The van der Waals surface area contributed by atoms with Crippen molar-refractivity contribution in [2.24, 2.45) is 7.05 Å². The van der Waals surface area contributed by atoms with Gasteiger partial charge in [0.15, 0.2) is 0 Å². The number of aryl methyl sites for hydroxylation is 5. The van der Waals surface area contributed by atoms with Gasteiger partial charge in [-0.3, -0.25) is 0 Å². The van der Waals surface area contributed by atoms with Crippen molar-refractivity contribution >= 4 is 0 Å². The average molecular weight is 359 g/mol. The Balaban J connectivity index is 2.23. The molecule has 0 bridgehead atoms. The molecule has 3 aromatic rings. The van der Waals surface area contributed by atoms with Crippen LogP contribution >= 0.6 is 0 Å². The van der Waals surface area contributed by atoms with Crippen molar-refractivity contribution in [1.82, 2.24) is 4.57 Å². The molecule has 0 amide bonds. The van der Waals surface area contributed by atoms with E-state index >= 15 is 0 Å². The largest absolute Gasteiger partial charge is 0.416 e. The highest BCUT2D eigenvalue weighted by Crippen LogP contribution is 2.33. The van der Waals surface area contributed by atoms with Crippen LogP contribution in [0.3, 0.4) is 0 Å². The smallest absolute Gasteiger partial charge is 0.232 e. The Morgan fingerprint density at radius 1 is 0.885 bits per heavy atom. The molecule has 0 fully saturated rings. The summed E-state index contributed by atoms with van der Waals surface area (Å²) >= 11 is 0. The number of halogens is 3. The molecule has 0 saturated heterocycles. The van der Waals surface area contributed by atoms with Crippen molar-refractivity contribution in [3.63, 3.8) is 0 Å². The molecular weight excluding hydrogens is 337 g/mol. The van der Waals surface area contributed by atoms with Gasteiger partial charge >= 0.3 is 6.18 Å². The predicted molar refractivity (Wildman–Crippen MR) is 96.3 cm³/mol. The molecule has 0 aliphatic heterocycles. The van der Waals surface area contributed by atoms with E-state index in [4.69, 9.17) is 0 Å². The van der Waals surface area contributed by atoms with Crippen LogP contribution in [0.1, 0.15) is 27.8 Å². The van der Waals surface area contributed by atoms with Gasteiger partial charge in [0.25, 0.3) is 5.82 Å². The van der Waals surface area contributed by atoms with Crippen molar-refractivity contribution in [2.45, 2.75) is 33.9 Å². The fraction of sp³-hybridized carbons (Fsp3) is 0.286. The molecule has 2 nitrogen and oxygen atoms in total. The molecule has 0 atom stereocenters. The summed E-state index contributed by atoms with van der Waals surface area (Å²) in [5.41, 5.74) is 5.26. The highest BCUT2D eigenvalue weighted by molar-refractivity contribution is 5.63. The van der Waals surface area contributed by atoms with Crippen LogP contribution < -0.4 is 4.57 Å². The molecule has 0 unspecified atom stereocenters. The maximum Gasteiger partial charge on any atom is 0.416 e. The lowest BCUT2D eigenvalue weighted by Crippen LogP contribution is -2.29. The zero-order chi connectivity index (χ0) is 19.2. The zero-order valence-electron chi connectivity index (χ0n) is 15.6. The van der Waals surface area contributed by atoms with Crippen LogP contribution in [0.4, 0.5) is 13.2 Å². The molecule has 1 aromatic heterocycles. The Labute approximate surface area is 151 Å². The van der Waals surface area contributed by atoms with Crippen LogP contribution in [-0.2, 0) is 13.2 Å². The first-order chi connectivity index (χ1) is 12.1. The first kappa shape index (κ1) is 18.2. The van der Waals surface area contributed by atoms with Gasteiger partial charge in [-0.2, -0.15) is 17.7 Å². The number of alkyl halides is 3. The standard InChI is InChI=1S/C21H22F3N2/c1-13-10-15(3)19(16(4)11-13)26-9-8-25(5)20(26)18-7-6-17(12-14(18)2)21(22,23)24/h6-12H,1-5H3/q+1. The topological polar surface area (TPSA) is 8.81 Å². The third-order valence-electron chi connectivity index (χ3n) is 4.67. The summed E-state index contributed by atoms with van der Waals surface area (Å²) in [5, 5.41) is 0. The minimum atomic E-state index is -4.34. The van der Waals surface area contributed by atoms with Gasteiger partial charge in [-0.25, -0.2) is 4.57 Å². The van der Waals surface area contributed by atoms with E-state index in [1.54, 1.807) is 13.0 Å². The lowest BCUT2D eigenvalue weighted by molar-refractivity contribution is -0.659. The van der Waals surface area contributed by atoms with Gasteiger partial charge in [0, 0.05) is 0 Å². The summed E-state index contributed by atoms with van der Waals surface area (Å²) in [4.78, 5) is 0. The minimum Gasteiger partial charge on any atom is -0.232 e. The maximum absolute atomic E-state index is 13.0. The van der Waals surface area contributed by atoms with Crippen LogP contribution in [-0.4, -0.2) is 4.57 Å². The van der Waals surface area contributed by atoms with Crippen LogP contribution in [0.15, 0.2) is 42.7 Å². The molecule has 0 saturated carbocycles. The van der Waals surface area contributed by atoms with E-state index in [-0.39, 0.29) is 0 Å². The molecule has 136 valence electrons. The fourth-order valence-electron chi connectivity index (χ4n) is 3.62. The van der Waals surface area contributed by atoms with E-state index in [0.29, 0.717) is 5.56 Å². The van der Waals surface area contributed by atoms with Gasteiger partial charge in [-0.15, -0.1) is 0 Å². The SMILES string of the molecule is Cc1cc(C)c(-n2cc[n+](C)c2-c2ccc(C(F)(F)F)cc2C)c(C)c1. The predicted octanol–water partition coefficient (Wildman–Crippen LogP) is 5.22. The van der Waals surface area contributed by atoms with Gasteiger partial charge < -0.3 is 0 Å². The number of hydrogen-bond donors (Lipinski definition) is 0. The number of aromatic nitrogens is 2. The Morgan fingerprint density at radius 3 is 2.04 bits per heavy atom. The van der Waals surface area contributed by atoms with Crippen molar-refractivity contribution in [3.05, 3.63) is 70.5 Å². The van der Waals surface area contributed by atoms with E-state index in [1.807, 2.05) is 24.0 Å². The van der Waals surface area contributed by atoms with E-state index in [1.165, 1.54) is 11.6 Å². The quantitative estimate of drug-likeness (QED) is 0.555. The summed E-state index contributed by atoms with van der Waals surface area (Å²) in [6, 6.07) is 8.15. The Kier molecular flexibility index (Phi) is 4.42. The highest BCUT2D eigenvalue weighted by atomic mass is 19.4. The van der Waals surface area contributed by atoms with E-state index in [0.717, 1.165) is 34.3 Å². The van der Waals surface area contributed by atoms with Crippen molar-refractivity contribution < 1.29 is 17.7 Å². The second kappa shape index (κ2) is 6.31. The summed E-state index contributed by atoms with van der Waals surface area (Å²) in [6.45, 7) is 7.88. The third-order valence-corrected chi connectivity index (χ3v) is 4.67. The molecule has 26 heavy (non-hydrogen) atoms. The number of nitrogens with zero attached hydrogens (tertiary/aromatic N) is 2. The average Bonchev–Trinajstić information content (AvgIpc) is 2.87. The van der Waals surface area contributed by atoms with E-state index in [9.17, 15) is 13.2 Å². The molecule has 1 heterocycles. The van der Waals surface area contributed by atoms with E-state index in [2.05, 4.69) is 37.5 Å². The van der Waals surface area contributed by atoms with Gasteiger partial charge in [0.1, 0.15) is 18.1 Å². The van der Waals surface area contributed by atoms with Gasteiger partial charge in [-0.05, 0) is 62.6 Å². The molecule has 3 rings (SSSR count). The summed E-state index contributed by atoms with van der Waals surface area (Å²) in [7, 11) is 1.90. The second-order valence-corrected chi connectivity index (χ2v) is 6.88. The number of benzene rings is 2. The summed E-state index contributed by atoms with van der Waals surface area (Å²) in [6.07, 6.45) is -0.458. The normalized spacial score (nSPS) is 11.8. The fourth-order valence-corrected chi connectivity index (χ4v) is 3.62. The molecule has 0 radical (unpaired) electrons. The first-order valence-electron chi connectivity index (χ1n) is 8.43.